The second kappa shape index (κ2) is 19.5. The van der Waals surface area contributed by atoms with Crippen LogP contribution in [0.3, 0.4) is 0 Å². The Labute approximate surface area is 467 Å². The average molecular weight is 1190 g/mol. The number of para-hydroxylation sites is 3. The van der Waals surface area contributed by atoms with Gasteiger partial charge in [0.15, 0.2) is 0 Å². The first-order chi connectivity index (χ1) is 37.3. The third-order valence-electron chi connectivity index (χ3n) is 14.7. The maximum atomic E-state index is 6.84. The van der Waals surface area contributed by atoms with E-state index in [0.29, 0.717) is 11.5 Å². The van der Waals surface area contributed by atoms with Crippen molar-refractivity contribution < 1.29 is 25.8 Å². The number of pyridine rings is 1. The first-order valence-corrected chi connectivity index (χ1v) is 26.6. The maximum Gasteiger partial charge on any atom is 0.135 e. The van der Waals surface area contributed by atoms with Crippen molar-refractivity contribution in [3.05, 3.63) is 261 Å². The molecule has 0 amide bonds. The van der Waals surface area contributed by atoms with Crippen molar-refractivity contribution in [3.8, 4) is 61.8 Å². The molecule has 77 heavy (non-hydrogen) atoms. The predicted molar refractivity (Wildman–Crippen MR) is 318 cm³/mol. The summed E-state index contributed by atoms with van der Waals surface area (Å²) in [6.07, 6.45) is 1.92. The molecular formula is C70H49N4OPtS-3. The van der Waals surface area contributed by atoms with Gasteiger partial charge in [0.1, 0.15) is 5.82 Å². The van der Waals surface area contributed by atoms with Gasteiger partial charge in [-0.05, 0) is 98.3 Å². The second-order valence-electron chi connectivity index (χ2n) is 20.4. The van der Waals surface area contributed by atoms with E-state index in [2.05, 4.69) is 266 Å². The molecule has 0 saturated carbocycles. The molecule has 0 aliphatic carbocycles. The van der Waals surface area contributed by atoms with E-state index in [-0.39, 0.29) is 26.5 Å². The largest absolute Gasteiger partial charge is 0.509 e. The monoisotopic (exact) mass is 1190 g/mol. The Morgan fingerprint density at radius 1 is 0.494 bits per heavy atom. The van der Waals surface area contributed by atoms with E-state index < -0.39 is 0 Å². The molecule has 0 bridgehead atoms. The average Bonchev–Trinajstić information content (AvgIpc) is 4.24. The van der Waals surface area contributed by atoms with Gasteiger partial charge in [0.05, 0.1) is 0 Å². The molecule has 0 radical (unpaired) electrons. The summed E-state index contributed by atoms with van der Waals surface area (Å²) in [5.41, 5.74) is 16.3. The summed E-state index contributed by atoms with van der Waals surface area (Å²) in [7, 11) is 0. The smallest absolute Gasteiger partial charge is 0.135 e. The second-order valence-corrected chi connectivity index (χ2v) is 21.5. The van der Waals surface area contributed by atoms with Crippen molar-refractivity contribution in [2.75, 3.05) is 9.80 Å². The molecule has 10 aromatic carbocycles. The van der Waals surface area contributed by atoms with Crippen LogP contribution in [0.15, 0.2) is 237 Å². The minimum absolute atomic E-state index is 0. The van der Waals surface area contributed by atoms with E-state index in [4.69, 9.17) is 9.72 Å². The molecule has 0 fully saturated rings. The molecule has 1 aliphatic heterocycles. The fourth-order valence-corrected chi connectivity index (χ4v) is 12.3. The van der Waals surface area contributed by atoms with E-state index in [1.54, 1.807) is 0 Å². The van der Waals surface area contributed by atoms with Crippen LogP contribution >= 0.6 is 11.3 Å². The molecular weight excluding hydrogens is 1140 g/mol. The van der Waals surface area contributed by atoms with Gasteiger partial charge in [-0.2, -0.15) is 12.1 Å². The van der Waals surface area contributed by atoms with E-state index >= 15 is 0 Å². The number of aromatic nitrogens is 2. The van der Waals surface area contributed by atoms with Crippen LogP contribution in [0.4, 0.5) is 22.7 Å². The topological polar surface area (TPSA) is 33.5 Å². The standard InChI is InChI=1S/C70H49N4OS.Pt/c1-70(2,3)52-38-39-71-66(42-52)74-63-37-36-59-58-28-10-13-33-65(58)76-69(59)67(63)60-35-34-55(44-64(60)74)75-54-27-16-26-53(43-54)72-45-73(62-32-12-11-31-61(62)72)68-56(50-24-14-22-48(40-50)46-18-6-4-7-19-46)29-17-30-57(68)51-25-15-23-49(41-51)47-20-8-5-9-21-47;/h4-42,45H,1-3H3;/q-3;. The number of nitrogens with zero attached hydrogens (tertiary/aromatic N) is 4. The molecule has 1 aliphatic rings. The minimum atomic E-state index is -0.0625. The summed E-state index contributed by atoms with van der Waals surface area (Å²) in [6, 6.07) is 89.6. The Morgan fingerprint density at radius 3 is 1.78 bits per heavy atom. The number of anilines is 4. The fraction of sp³-hybridized carbons (Fsp3) is 0.0571. The van der Waals surface area contributed by atoms with E-state index in [1.807, 2.05) is 35.7 Å². The van der Waals surface area contributed by atoms with E-state index in [0.717, 1.165) is 78.4 Å². The molecule has 7 heteroatoms. The zero-order valence-corrected chi connectivity index (χ0v) is 45.6. The van der Waals surface area contributed by atoms with E-state index in [1.165, 1.54) is 42.2 Å². The molecule has 0 saturated heterocycles. The van der Waals surface area contributed by atoms with Gasteiger partial charge in [-0.15, -0.1) is 59.4 Å². The number of rotatable bonds is 9. The normalized spacial score (nSPS) is 12.4. The number of fused-ring (bicyclic) bond motifs is 8. The van der Waals surface area contributed by atoms with Crippen LogP contribution in [-0.2, 0) is 26.5 Å². The van der Waals surface area contributed by atoms with Crippen LogP contribution in [0, 0.1) is 18.8 Å². The molecule has 13 aromatic rings. The van der Waals surface area contributed by atoms with Crippen LogP contribution in [0.5, 0.6) is 11.5 Å². The molecule has 0 atom stereocenters. The van der Waals surface area contributed by atoms with Crippen LogP contribution in [0.25, 0.3) is 92.3 Å². The van der Waals surface area contributed by atoms with Crippen LogP contribution in [-0.4, -0.2) is 9.55 Å². The van der Waals surface area contributed by atoms with Crippen molar-refractivity contribution in [1.29, 1.82) is 0 Å². The van der Waals surface area contributed by atoms with Gasteiger partial charge in [0, 0.05) is 92.6 Å². The quantitative estimate of drug-likeness (QED) is 0.135. The molecule has 0 unspecified atom stereocenters. The van der Waals surface area contributed by atoms with Gasteiger partial charge in [-0.25, -0.2) is 4.98 Å². The van der Waals surface area contributed by atoms with Gasteiger partial charge >= 0.3 is 0 Å². The van der Waals surface area contributed by atoms with Gasteiger partial charge in [0.2, 0.25) is 0 Å². The van der Waals surface area contributed by atoms with Crippen LogP contribution < -0.4 is 14.5 Å². The molecule has 0 spiro atoms. The zero-order valence-electron chi connectivity index (χ0n) is 42.5. The summed E-state index contributed by atoms with van der Waals surface area (Å²) in [5, 5.41) is 4.81. The Balaban J connectivity index is 0.00000566. The third-order valence-corrected chi connectivity index (χ3v) is 15.9. The van der Waals surface area contributed by atoms with Crippen LogP contribution in [0.2, 0.25) is 0 Å². The molecule has 0 N–H and O–H groups in total. The summed E-state index contributed by atoms with van der Waals surface area (Å²) in [5.74, 6) is 2.02. The first-order valence-electron chi connectivity index (χ1n) is 25.8. The van der Waals surface area contributed by atoms with Gasteiger partial charge in [-0.3, -0.25) is 0 Å². The molecule has 3 aromatic heterocycles. The summed E-state index contributed by atoms with van der Waals surface area (Å²) in [6.45, 7) is 8.93. The van der Waals surface area contributed by atoms with E-state index in [9.17, 15) is 0 Å². The fourth-order valence-electron chi connectivity index (χ4n) is 11.0. The summed E-state index contributed by atoms with van der Waals surface area (Å²) < 4.78 is 11.6. The Kier molecular flexibility index (Phi) is 12.2. The number of ether oxygens (including phenoxy) is 1. The van der Waals surface area contributed by atoms with Crippen molar-refractivity contribution in [3.63, 3.8) is 0 Å². The van der Waals surface area contributed by atoms with Crippen LogP contribution in [0.1, 0.15) is 26.3 Å². The predicted octanol–water partition coefficient (Wildman–Crippen LogP) is 19.3. The number of hydrogen-bond acceptors (Lipinski definition) is 5. The van der Waals surface area contributed by atoms with Crippen molar-refractivity contribution in [2.45, 2.75) is 26.2 Å². The van der Waals surface area contributed by atoms with Crippen molar-refractivity contribution >= 4 is 76.1 Å². The first kappa shape index (κ1) is 48.1. The van der Waals surface area contributed by atoms with Gasteiger partial charge in [0.25, 0.3) is 0 Å². The molecule has 14 rings (SSSR count). The zero-order chi connectivity index (χ0) is 50.9. The Morgan fingerprint density at radius 2 is 1.08 bits per heavy atom. The van der Waals surface area contributed by atoms with Crippen molar-refractivity contribution in [2.24, 2.45) is 0 Å². The summed E-state index contributed by atoms with van der Waals surface area (Å²) >= 11 is 1.84. The summed E-state index contributed by atoms with van der Waals surface area (Å²) in [4.78, 5) is 9.57. The molecule has 4 heterocycles. The number of hydrogen-bond donors (Lipinski definition) is 0. The number of benzene rings is 10. The SMILES string of the molecule is CC(C)(C)c1ccnc(-n2c3[c-]c(Oc4[c-]c(N5[CH-]N(c6c(-c7cccc(-c8ccccc8)c7)cccc6-c6cccc(-c7ccccc7)c6)c6ccccc65)ccc4)ccc3c3c4sc5ccccc5c4ccc32)c1.[Pt]. The number of thiophene rings is 1. The maximum absolute atomic E-state index is 6.84. The minimum Gasteiger partial charge on any atom is -0.509 e. The molecule has 5 nitrogen and oxygen atoms in total. The molecule has 374 valence electrons. The van der Waals surface area contributed by atoms with Gasteiger partial charge in [-0.1, -0.05) is 178 Å². The van der Waals surface area contributed by atoms with Crippen molar-refractivity contribution in [1.82, 2.24) is 9.55 Å². The van der Waals surface area contributed by atoms with Gasteiger partial charge < -0.3 is 19.1 Å². The third kappa shape index (κ3) is 8.59. The Hall–Kier alpha value is -8.54. The Bertz CT molecular complexity index is 4270.